The maximum absolute atomic E-state index is 11.8. The predicted molar refractivity (Wildman–Crippen MR) is 76.0 cm³/mol. The van der Waals surface area contributed by atoms with Gasteiger partial charge in [-0.25, -0.2) is 15.1 Å². The largest absolute Gasteiger partial charge is 0.288 e. The van der Waals surface area contributed by atoms with E-state index in [1.807, 2.05) is 36.4 Å². The molecule has 0 saturated carbocycles. The van der Waals surface area contributed by atoms with Gasteiger partial charge in [0.15, 0.2) is 5.82 Å². The van der Waals surface area contributed by atoms with Gasteiger partial charge in [-0.15, -0.1) is 0 Å². The fourth-order valence-electron chi connectivity index (χ4n) is 2.02. The van der Waals surface area contributed by atoms with Crippen molar-refractivity contribution in [3.05, 3.63) is 66.5 Å². The van der Waals surface area contributed by atoms with Gasteiger partial charge in [-0.05, 0) is 12.1 Å². The molecule has 2 aromatic heterocycles. The first kappa shape index (κ1) is 13.0. The third-order valence-electron chi connectivity index (χ3n) is 2.99. The van der Waals surface area contributed by atoms with Crippen LogP contribution in [0, 0.1) is 0 Å². The molecule has 2 heterocycles. The molecule has 104 valence electrons. The van der Waals surface area contributed by atoms with Gasteiger partial charge in [0.2, 0.25) is 0 Å². The second-order valence-corrected chi connectivity index (χ2v) is 4.33. The molecule has 0 spiro atoms. The third kappa shape index (κ3) is 2.52. The highest BCUT2D eigenvalue weighted by Gasteiger charge is 2.18. The molecule has 6 heteroatoms. The van der Waals surface area contributed by atoms with Crippen LogP contribution in [0.5, 0.6) is 0 Å². The van der Waals surface area contributed by atoms with Crippen LogP contribution in [-0.2, 0) is 0 Å². The molecule has 1 amide bonds. The summed E-state index contributed by atoms with van der Waals surface area (Å²) in [5, 5.41) is 13.3. The van der Waals surface area contributed by atoms with Crippen molar-refractivity contribution in [2.24, 2.45) is 0 Å². The van der Waals surface area contributed by atoms with Gasteiger partial charge < -0.3 is 0 Å². The van der Waals surface area contributed by atoms with Gasteiger partial charge in [-0.2, -0.15) is 5.10 Å². The number of hydrogen-bond acceptors (Lipinski definition) is 4. The van der Waals surface area contributed by atoms with Crippen LogP contribution in [0.1, 0.15) is 10.4 Å². The molecular formula is C15H12N4O2. The lowest BCUT2D eigenvalue weighted by Crippen LogP contribution is -2.18. The monoisotopic (exact) mass is 280 g/mol. The second kappa shape index (κ2) is 5.56. The normalized spacial score (nSPS) is 10.3. The highest BCUT2D eigenvalue weighted by molar-refractivity contribution is 5.99. The van der Waals surface area contributed by atoms with E-state index in [1.54, 1.807) is 23.8 Å². The van der Waals surface area contributed by atoms with Crippen LogP contribution >= 0.6 is 0 Å². The Bertz CT molecular complexity index is 754. The molecule has 0 bridgehead atoms. The summed E-state index contributed by atoms with van der Waals surface area (Å²) in [4.78, 5) is 16.0. The minimum Gasteiger partial charge on any atom is -0.288 e. The van der Waals surface area contributed by atoms with Crippen molar-refractivity contribution in [2.75, 3.05) is 0 Å². The quantitative estimate of drug-likeness (QED) is 0.568. The molecule has 21 heavy (non-hydrogen) atoms. The Labute approximate surface area is 120 Å². The standard InChI is InChI=1S/C15H12N4O2/c20-15(18-21)12-10-19(13-8-4-5-9-16-13)17-14(12)11-6-2-1-3-7-11/h1-10,21H,(H,18,20). The van der Waals surface area contributed by atoms with Crippen molar-refractivity contribution in [1.82, 2.24) is 20.2 Å². The zero-order valence-electron chi connectivity index (χ0n) is 11.0. The average molecular weight is 280 g/mol. The molecular weight excluding hydrogens is 268 g/mol. The third-order valence-corrected chi connectivity index (χ3v) is 2.99. The number of benzene rings is 1. The van der Waals surface area contributed by atoms with Crippen LogP contribution in [0.3, 0.4) is 0 Å². The number of nitrogens with one attached hydrogen (secondary N) is 1. The molecule has 3 aromatic rings. The molecule has 0 aliphatic carbocycles. The number of carbonyl (C=O) groups excluding carboxylic acids is 1. The van der Waals surface area contributed by atoms with Gasteiger partial charge in [-0.1, -0.05) is 36.4 Å². The van der Waals surface area contributed by atoms with Gasteiger partial charge >= 0.3 is 0 Å². The van der Waals surface area contributed by atoms with E-state index in [9.17, 15) is 4.79 Å². The lowest BCUT2D eigenvalue weighted by Gasteiger charge is -2.00. The Kier molecular flexibility index (Phi) is 3.44. The molecule has 0 aliphatic heterocycles. The van der Waals surface area contributed by atoms with E-state index in [0.717, 1.165) is 5.56 Å². The van der Waals surface area contributed by atoms with E-state index in [0.29, 0.717) is 11.5 Å². The number of aromatic nitrogens is 3. The van der Waals surface area contributed by atoms with Crippen molar-refractivity contribution >= 4 is 5.91 Å². The first-order chi connectivity index (χ1) is 10.3. The zero-order valence-corrected chi connectivity index (χ0v) is 11.0. The van der Waals surface area contributed by atoms with Crippen LogP contribution in [0.25, 0.3) is 17.1 Å². The number of nitrogens with zero attached hydrogens (tertiary/aromatic N) is 3. The zero-order chi connectivity index (χ0) is 14.7. The van der Waals surface area contributed by atoms with Crippen LogP contribution in [0.15, 0.2) is 60.9 Å². The molecule has 0 aliphatic rings. The number of carbonyl (C=O) groups is 1. The van der Waals surface area contributed by atoms with E-state index in [4.69, 9.17) is 5.21 Å². The molecule has 0 fully saturated rings. The van der Waals surface area contributed by atoms with Crippen LogP contribution in [0.2, 0.25) is 0 Å². The van der Waals surface area contributed by atoms with E-state index in [-0.39, 0.29) is 5.56 Å². The Balaban J connectivity index is 2.14. The van der Waals surface area contributed by atoms with E-state index in [1.165, 1.54) is 10.9 Å². The van der Waals surface area contributed by atoms with Crippen molar-refractivity contribution in [3.63, 3.8) is 0 Å². The minimum absolute atomic E-state index is 0.273. The molecule has 0 radical (unpaired) electrons. The van der Waals surface area contributed by atoms with Gasteiger partial charge in [0.05, 0.1) is 5.56 Å². The summed E-state index contributed by atoms with van der Waals surface area (Å²) < 4.78 is 1.51. The first-order valence-corrected chi connectivity index (χ1v) is 6.30. The number of rotatable bonds is 3. The van der Waals surface area contributed by atoms with Gasteiger partial charge in [0.25, 0.3) is 5.91 Å². The fourth-order valence-corrected chi connectivity index (χ4v) is 2.02. The summed E-state index contributed by atoms with van der Waals surface area (Å²) in [6.07, 6.45) is 3.18. The fraction of sp³-hybridized carbons (Fsp3) is 0. The number of pyridine rings is 1. The summed E-state index contributed by atoms with van der Waals surface area (Å²) in [6.45, 7) is 0. The highest BCUT2D eigenvalue weighted by atomic mass is 16.5. The Morgan fingerprint density at radius 3 is 2.52 bits per heavy atom. The second-order valence-electron chi connectivity index (χ2n) is 4.33. The van der Waals surface area contributed by atoms with Crippen LogP contribution < -0.4 is 5.48 Å². The predicted octanol–water partition coefficient (Wildman–Crippen LogP) is 2.05. The average Bonchev–Trinajstić information content (AvgIpc) is 3.01. The Morgan fingerprint density at radius 2 is 1.86 bits per heavy atom. The smallest absolute Gasteiger partial charge is 0.278 e. The molecule has 1 aromatic carbocycles. The molecule has 0 atom stereocenters. The Morgan fingerprint density at radius 1 is 1.10 bits per heavy atom. The topological polar surface area (TPSA) is 80.0 Å². The molecule has 6 nitrogen and oxygen atoms in total. The van der Waals surface area contributed by atoms with Crippen molar-refractivity contribution in [2.45, 2.75) is 0 Å². The number of hydroxylamine groups is 1. The summed E-state index contributed by atoms with van der Waals surface area (Å²) >= 11 is 0. The molecule has 3 rings (SSSR count). The van der Waals surface area contributed by atoms with Crippen molar-refractivity contribution in [3.8, 4) is 17.1 Å². The van der Waals surface area contributed by atoms with Gasteiger partial charge in [0, 0.05) is 18.0 Å². The van der Waals surface area contributed by atoms with Crippen LogP contribution in [0.4, 0.5) is 0 Å². The van der Waals surface area contributed by atoms with Gasteiger partial charge in [-0.3, -0.25) is 10.0 Å². The lowest BCUT2D eigenvalue weighted by molar-refractivity contribution is 0.0707. The summed E-state index contributed by atoms with van der Waals surface area (Å²) in [7, 11) is 0. The molecule has 0 saturated heterocycles. The minimum atomic E-state index is -0.615. The summed E-state index contributed by atoms with van der Waals surface area (Å²) in [5.41, 5.74) is 3.18. The van der Waals surface area contributed by atoms with E-state index < -0.39 is 5.91 Å². The van der Waals surface area contributed by atoms with Crippen LogP contribution in [-0.4, -0.2) is 25.9 Å². The molecule has 2 N–H and O–H groups in total. The summed E-state index contributed by atoms with van der Waals surface area (Å²) in [6, 6.07) is 14.7. The van der Waals surface area contributed by atoms with Crippen molar-refractivity contribution in [1.29, 1.82) is 0 Å². The van der Waals surface area contributed by atoms with Gasteiger partial charge in [0.1, 0.15) is 5.69 Å². The first-order valence-electron chi connectivity index (χ1n) is 6.30. The number of hydrogen-bond donors (Lipinski definition) is 2. The van der Waals surface area contributed by atoms with Crippen molar-refractivity contribution < 1.29 is 10.0 Å². The van der Waals surface area contributed by atoms with E-state index >= 15 is 0 Å². The number of amides is 1. The van der Waals surface area contributed by atoms with E-state index in [2.05, 4.69) is 10.1 Å². The maximum atomic E-state index is 11.8. The lowest BCUT2D eigenvalue weighted by atomic mass is 10.1. The highest BCUT2D eigenvalue weighted by Crippen LogP contribution is 2.22. The SMILES string of the molecule is O=C(NO)c1cn(-c2ccccn2)nc1-c1ccccc1. The molecule has 0 unspecified atom stereocenters. The maximum Gasteiger partial charge on any atom is 0.278 e. The Hall–Kier alpha value is -2.99. The summed E-state index contributed by atoms with van der Waals surface area (Å²) in [5.74, 6) is -0.0253.